The Hall–Kier alpha value is -1.64. The van der Waals surface area contributed by atoms with Crippen LogP contribution in [0.5, 0.6) is 0 Å². The highest BCUT2D eigenvalue weighted by Crippen LogP contribution is 2.16. The van der Waals surface area contributed by atoms with E-state index in [0.717, 1.165) is 44.8 Å². The van der Waals surface area contributed by atoms with Gasteiger partial charge in [0.2, 0.25) is 0 Å². The zero-order chi connectivity index (χ0) is 12.8. The summed E-state index contributed by atoms with van der Waals surface area (Å²) < 4.78 is 0. The summed E-state index contributed by atoms with van der Waals surface area (Å²) in [6, 6.07) is 5.85. The molecule has 2 rings (SSSR count). The van der Waals surface area contributed by atoms with Crippen LogP contribution in [0.2, 0.25) is 0 Å². The molecule has 5 heteroatoms. The van der Waals surface area contributed by atoms with Gasteiger partial charge in [-0.05, 0) is 25.1 Å². The Bertz CT molecular complexity index is 429. The molecule has 1 N–H and O–H groups in total. The van der Waals surface area contributed by atoms with Crippen molar-refractivity contribution in [3.05, 3.63) is 24.0 Å². The van der Waals surface area contributed by atoms with Crippen LogP contribution < -0.4 is 4.90 Å². The van der Waals surface area contributed by atoms with Crippen LogP contribution in [0.25, 0.3) is 0 Å². The first kappa shape index (κ1) is 12.8. The number of hydrogen-bond donors (Lipinski definition) is 1. The van der Waals surface area contributed by atoms with Gasteiger partial charge >= 0.3 is 0 Å². The molecule has 0 amide bonds. The summed E-state index contributed by atoms with van der Waals surface area (Å²) in [5, 5.41) is 17.8. The van der Waals surface area contributed by atoms with E-state index in [4.69, 9.17) is 10.4 Å². The number of rotatable bonds is 3. The number of anilines is 1. The molecular weight excluding hydrogens is 228 g/mol. The van der Waals surface area contributed by atoms with Crippen LogP contribution in [0, 0.1) is 11.3 Å². The van der Waals surface area contributed by atoms with E-state index in [0.29, 0.717) is 5.69 Å². The highest BCUT2D eigenvalue weighted by Gasteiger charge is 2.14. The largest absolute Gasteiger partial charge is 0.395 e. The molecule has 1 aromatic heterocycles. The number of aromatic nitrogens is 1. The number of pyridine rings is 1. The SMILES string of the molecule is N#Cc1cc(N2CCCN(CCO)CC2)ccn1. The Morgan fingerprint density at radius 1 is 1.33 bits per heavy atom. The number of aliphatic hydroxyl groups is 1. The minimum atomic E-state index is 0.216. The van der Waals surface area contributed by atoms with Gasteiger partial charge in [0, 0.05) is 38.1 Å². The first-order valence-corrected chi connectivity index (χ1v) is 6.28. The molecule has 1 aliphatic rings. The quantitative estimate of drug-likeness (QED) is 0.839. The first-order chi connectivity index (χ1) is 8.83. The van der Waals surface area contributed by atoms with Crippen molar-refractivity contribution in [1.29, 1.82) is 5.26 Å². The summed E-state index contributed by atoms with van der Waals surface area (Å²) in [5.41, 5.74) is 1.52. The number of β-amino-alcohol motifs (C(OH)–C–C–N with tert-alkyl or cyclic N) is 1. The first-order valence-electron chi connectivity index (χ1n) is 6.28. The number of nitriles is 1. The van der Waals surface area contributed by atoms with Gasteiger partial charge in [0.15, 0.2) is 0 Å². The third-order valence-corrected chi connectivity index (χ3v) is 3.23. The molecule has 5 nitrogen and oxygen atoms in total. The van der Waals surface area contributed by atoms with E-state index >= 15 is 0 Å². The van der Waals surface area contributed by atoms with Crippen molar-refractivity contribution >= 4 is 5.69 Å². The molecular formula is C13H18N4O. The molecule has 1 aromatic rings. The average molecular weight is 246 g/mol. The van der Waals surface area contributed by atoms with Crippen molar-refractivity contribution < 1.29 is 5.11 Å². The lowest BCUT2D eigenvalue weighted by Gasteiger charge is -2.23. The molecule has 0 spiro atoms. The lowest BCUT2D eigenvalue weighted by Crippen LogP contribution is -2.32. The van der Waals surface area contributed by atoms with Gasteiger partial charge in [-0.2, -0.15) is 5.26 Å². The summed E-state index contributed by atoms with van der Waals surface area (Å²) >= 11 is 0. The summed E-state index contributed by atoms with van der Waals surface area (Å²) in [4.78, 5) is 8.54. The maximum absolute atomic E-state index is 8.96. The zero-order valence-electron chi connectivity index (χ0n) is 10.4. The van der Waals surface area contributed by atoms with E-state index in [1.54, 1.807) is 6.20 Å². The molecule has 0 bridgehead atoms. The monoisotopic (exact) mass is 246 g/mol. The molecule has 1 aliphatic heterocycles. The third kappa shape index (κ3) is 3.19. The lowest BCUT2D eigenvalue weighted by atomic mass is 10.3. The van der Waals surface area contributed by atoms with Gasteiger partial charge in [-0.15, -0.1) is 0 Å². The van der Waals surface area contributed by atoms with Gasteiger partial charge in [-0.1, -0.05) is 0 Å². The van der Waals surface area contributed by atoms with Gasteiger partial charge in [0.25, 0.3) is 0 Å². The normalized spacial score (nSPS) is 17.2. The molecule has 0 unspecified atom stereocenters. The molecule has 1 saturated heterocycles. The molecule has 1 fully saturated rings. The van der Waals surface area contributed by atoms with Gasteiger partial charge < -0.3 is 10.0 Å². The van der Waals surface area contributed by atoms with Crippen LogP contribution in [0.15, 0.2) is 18.3 Å². The second-order valence-corrected chi connectivity index (χ2v) is 4.42. The van der Waals surface area contributed by atoms with Gasteiger partial charge in [-0.25, -0.2) is 4.98 Å². The van der Waals surface area contributed by atoms with Crippen molar-refractivity contribution in [2.75, 3.05) is 44.2 Å². The van der Waals surface area contributed by atoms with Gasteiger partial charge in [0.1, 0.15) is 11.8 Å². The smallest absolute Gasteiger partial charge is 0.142 e. The molecule has 18 heavy (non-hydrogen) atoms. The molecule has 0 atom stereocenters. The van der Waals surface area contributed by atoms with Gasteiger partial charge in [-0.3, -0.25) is 4.90 Å². The summed E-state index contributed by atoms with van der Waals surface area (Å²) in [7, 11) is 0. The summed E-state index contributed by atoms with van der Waals surface area (Å²) in [6.45, 7) is 4.84. The lowest BCUT2D eigenvalue weighted by molar-refractivity contribution is 0.204. The Morgan fingerprint density at radius 2 is 2.22 bits per heavy atom. The maximum Gasteiger partial charge on any atom is 0.142 e. The second kappa shape index (κ2) is 6.34. The second-order valence-electron chi connectivity index (χ2n) is 4.42. The molecule has 2 heterocycles. The van der Waals surface area contributed by atoms with Crippen LogP contribution >= 0.6 is 0 Å². The van der Waals surface area contributed by atoms with Crippen LogP contribution in [0.1, 0.15) is 12.1 Å². The topological polar surface area (TPSA) is 63.4 Å². The fourth-order valence-electron chi connectivity index (χ4n) is 2.27. The molecule has 0 saturated carbocycles. The predicted molar refractivity (Wildman–Crippen MR) is 69.3 cm³/mol. The highest BCUT2D eigenvalue weighted by atomic mass is 16.3. The van der Waals surface area contributed by atoms with E-state index in [1.165, 1.54) is 0 Å². The number of hydrogen-bond acceptors (Lipinski definition) is 5. The van der Waals surface area contributed by atoms with Crippen molar-refractivity contribution in [3.8, 4) is 6.07 Å². The third-order valence-electron chi connectivity index (χ3n) is 3.23. The minimum Gasteiger partial charge on any atom is -0.395 e. The van der Waals surface area contributed by atoms with E-state index in [-0.39, 0.29) is 6.61 Å². The Balaban J connectivity index is 2.03. The van der Waals surface area contributed by atoms with E-state index in [2.05, 4.69) is 20.9 Å². The zero-order valence-corrected chi connectivity index (χ0v) is 10.4. The fraction of sp³-hybridized carbons (Fsp3) is 0.538. The molecule has 0 radical (unpaired) electrons. The van der Waals surface area contributed by atoms with Crippen molar-refractivity contribution in [1.82, 2.24) is 9.88 Å². The highest BCUT2D eigenvalue weighted by molar-refractivity contribution is 5.48. The van der Waals surface area contributed by atoms with E-state index in [9.17, 15) is 0 Å². The molecule has 0 aliphatic carbocycles. The average Bonchev–Trinajstić information content (AvgIpc) is 2.65. The number of aliphatic hydroxyl groups excluding tert-OH is 1. The van der Waals surface area contributed by atoms with Crippen LogP contribution in [-0.4, -0.2) is 54.3 Å². The molecule has 0 aromatic carbocycles. The van der Waals surface area contributed by atoms with Crippen LogP contribution in [-0.2, 0) is 0 Å². The Labute approximate surface area is 107 Å². The minimum absolute atomic E-state index is 0.216. The van der Waals surface area contributed by atoms with Gasteiger partial charge in [0.05, 0.1) is 6.61 Å². The van der Waals surface area contributed by atoms with E-state index < -0.39 is 0 Å². The van der Waals surface area contributed by atoms with Crippen LogP contribution in [0.3, 0.4) is 0 Å². The van der Waals surface area contributed by atoms with E-state index in [1.807, 2.05) is 12.1 Å². The van der Waals surface area contributed by atoms with Crippen LogP contribution in [0.4, 0.5) is 5.69 Å². The standard InChI is InChI=1S/C13H18N4O/c14-11-12-10-13(2-3-15-12)17-5-1-4-16(6-7-17)8-9-18/h2-3,10,18H,1,4-9H2. The maximum atomic E-state index is 8.96. The fourth-order valence-corrected chi connectivity index (χ4v) is 2.27. The van der Waals surface area contributed by atoms with Crippen molar-refractivity contribution in [3.63, 3.8) is 0 Å². The summed E-state index contributed by atoms with van der Waals surface area (Å²) in [5.74, 6) is 0. The molecule has 96 valence electrons. The van der Waals surface area contributed by atoms with Crippen molar-refractivity contribution in [2.45, 2.75) is 6.42 Å². The summed E-state index contributed by atoms with van der Waals surface area (Å²) in [6.07, 6.45) is 2.76. The number of nitrogens with zero attached hydrogens (tertiary/aromatic N) is 4. The Morgan fingerprint density at radius 3 is 3.00 bits per heavy atom. The predicted octanol–water partition coefficient (Wildman–Crippen LogP) is 0.458. The van der Waals surface area contributed by atoms with Crippen molar-refractivity contribution in [2.24, 2.45) is 0 Å². The Kier molecular flexibility index (Phi) is 4.51.